The second-order valence-corrected chi connectivity index (χ2v) is 6.58. The molecule has 1 unspecified atom stereocenters. The van der Waals surface area contributed by atoms with Gasteiger partial charge in [0.1, 0.15) is 11.6 Å². The summed E-state index contributed by atoms with van der Waals surface area (Å²) >= 11 is 0. The summed E-state index contributed by atoms with van der Waals surface area (Å²) in [6, 6.07) is 3.18. The number of aromatic carboxylic acids is 1. The van der Waals surface area contributed by atoms with E-state index in [1.807, 2.05) is 6.92 Å². The van der Waals surface area contributed by atoms with E-state index in [0.717, 1.165) is 0 Å². The monoisotopic (exact) mass is 351 g/mol. The number of ether oxygens (including phenoxy) is 1. The van der Waals surface area contributed by atoms with Gasteiger partial charge in [0, 0.05) is 0 Å². The number of benzene rings is 1. The van der Waals surface area contributed by atoms with Crippen LogP contribution in [0.4, 0.5) is 16.2 Å². The highest BCUT2D eigenvalue weighted by Gasteiger charge is 2.24. The van der Waals surface area contributed by atoms with Gasteiger partial charge in [0.05, 0.1) is 16.9 Å². The first-order chi connectivity index (χ1) is 11.5. The largest absolute Gasteiger partial charge is 0.478 e. The van der Waals surface area contributed by atoms with Crippen molar-refractivity contribution in [2.24, 2.45) is 0 Å². The summed E-state index contributed by atoms with van der Waals surface area (Å²) < 4.78 is 5.16. The van der Waals surface area contributed by atoms with E-state index >= 15 is 0 Å². The lowest BCUT2D eigenvalue weighted by atomic mass is 10.1. The minimum absolute atomic E-state index is 0.00311. The maximum atomic E-state index is 12.5. The van der Waals surface area contributed by atoms with Crippen molar-refractivity contribution < 1.29 is 24.2 Å². The van der Waals surface area contributed by atoms with Crippen LogP contribution in [0.2, 0.25) is 0 Å². The number of hydrogen-bond acceptors (Lipinski definition) is 5. The van der Waals surface area contributed by atoms with E-state index in [0.29, 0.717) is 12.8 Å². The maximum absolute atomic E-state index is 12.5. The molecule has 5 N–H and O–H groups in total. The molecule has 1 aromatic carbocycles. The Kier molecular flexibility index (Phi) is 6.78. The lowest BCUT2D eigenvalue weighted by molar-refractivity contribution is -0.118. The molecule has 0 fully saturated rings. The zero-order valence-electron chi connectivity index (χ0n) is 14.9. The molecule has 8 heteroatoms. The SMILES string of the molecule is CCCC(NC(=O)OC(C)(C)C)C(=O)Nc1cc(C(=O)O)ccc1N. The Morgan fingerprint density at radius 3 is 2.44 bits per heavy atom. The Morgan fingerprint density at radius 2 is 1.92 bits per heavy atom. The number of carboxylic acids is 1. The van der Waals surface area contributed by atoms with Gasteiger partial charge in [0.25, 0.3) is 0 Å². The van der Waals surface area contributed by atoms with Gasteiger partial charge in [0.15, 0.2) is 0 Å². The van der Waals surface area contributed by atoms with Crippen molar-refractivity contribution in [3.8, 4) is 0 Å². The van der Waals surface area contributed by atoms with Gasteiger partial charge >= 0.3 is 12.1 Å². The Labute approximate surface area is 146 Å². The summed E-state index contributed by atoms with van der Waals surface area (Å²) in [6.45, 7) is 7.04. The normalized spacial score (nSPS) is 12.2. The minimum atomic E-state index is -1.13. The second-order valence-electron chi connectivity index (χ2n) is 6.58. The highest BCUT2D eigenvalue weighted by atomic mass is 16.6. The van der Waals surface area contributed by atoms with Crippen LogP contribution in [0.5, 0.6) is 0 Å². The fraction of sp³-hybridized carbons (Fsp3) is 0.471. The standard InChI is InChI=1S/C17H25N3O5/c1-5-6-12(20-16(24)25-17(2,3)4)14(21)19-13-9-10(15(22)23)7-8-11(13)18/h7-9,12H,5-6,18H2,1-4H3,(H,19,21)(H,20,24)(H,22,23). The number of nitrogens with two attached hydrogens (primary N) is 1. The molecule has 0 spiro atoms. The third kappa shape index (κ3) is 6.70. The minimum Gasteiger partial charge on any atom is -0.478 e. The first-order valence-corrected chi connectivity index (χ1v) is 7.96. The fourth-order valence-electron chi connectivity index (χ4n) is 2.02. The van der Waals surface area contributed by atoms with Crippen LogP contribution in [0, 0.1) is 0 Å². The molecule has 0 aliphatic heterocycles. The molecule has 2 amide bonds. The first-order valence-electron chi connectivity index (χ1n) is 7.96. The number of carbonyl (C=O) groups excluding carboxylic acids is 2. The molecule has 0 bridgehead atoms. The van der Waals surface area contributed by atoms with Crippen LogP contribution in [0.1, 0.15) is 50.9 Å². The highest BCUT2D eigenvalue weighted by molar-refractivity contribution is 6.00. The number of rotatable bonds is 6. The van der Waals surface area contributed by atoms with Crippen LogP contribution in [-0.4, -0.2) is 34.7 Å². The van der Waals surface area contributed by atoms with Crippen molar-refractivity contribution in [1.82, 2.24) is 5.32 Å². The number of anilines is 2. The predicted molar refractivity (Wildman–Crippen MR) is 94.5 cm³/mol. The molecule has 0 heterocycles. The van der Waals surface area contributed by atoms with Gasteiger partial charge < -0.3 is 26.2 Å². The lowest BCUT2D eigenvalue weighted by Crippen LogP contribution is -2.45. The van der Waals surface area contributed by atoms with Crippen LogP contribution in [0.3, 0.4) is 0 Å². The molecule has 8 nitrogen and oxygen atoms in total. The van der Waals surface area contributed by atoms with Crippen molar-refractivity contribution in [3.63, 3.8) is 0 Å². The molecule has 138 valence electrons. The van der Waals surface area contributed by atoms with E-state index in [1.54, 1.807) is 20.8 Å². The van der Waals surface area contributed by atoms with E-state index < -0.39 is 29.6 Å². The van der Waals surface area contributed by atoms with Gasteiger partial charge in [-0.25, -0.2) is 9.59 Å². The third-order valence-corrected chi connectivity index (χ3v) is 3.14. The molecule has 25 heavy (non-hydrogen) atoms. The zero-order valence-corrected chi connectivity index (χ0v) is 14.9. The molecule has 0 aliphatic rings. The van der Waals surface area contributed by atoms with Crippen LogP contribution >= 0.6 is 0 Å². The van der Waals surface area contributed by atoms with Crippen LogP contribution in [0.25, 0.3) is 0 Å². The highest BCUT2D eigenvalue weighted by Crippen LogP contribution is 2.21. The van der Waals surface area contributed by atoms with E-state index in [1.165, 1.54) is 18.2 Å². The average Bonchev–Trinajstić information content (AvgIpc) is 2.46. The molecule has 1 rings (SSSR count). The molecule has 0 aliphatic carbocycles. The van der Waals surface area contributed by atoms with Crippen LogP contribution in [-0.2, 0) is 9.53 Å². The van der Waals surface area contributed by atoms with Crippen molar-refractivity contribution in [2.75, 3.05) is 11.1 Å². The van der Waals surface area contributed by atoms with E-state index in [9.17, 15) is 14.4 Å². The van der Waals surface area contributed by atoms with Crippen molar-refractivity contribution in [2.45, 2.75) is 52.2 Å². The predicted octanol–water partition coefficient (Wildman–Crippen LogP) is 2.60. The second kappa shape index (κ2) is 8.36. The Bertz CT molecular complexity index is 652. The molecule has 1 aromatic rings. The fourth-order valence-corrected chi connectivity index (χ4v) is 2.02. The van der Waals surface area contributed by atoms with Gasteiger partial charge in [-0.15, -0.1) is 0 Å². The number of amides is 2. The molecule has 0 saturated heterocycles. The molecular formula is C17H25N3O5. The van der Waals surface area contributed by atoms with Crippen molar-refractivity contribution in [3.05, 3.63) is 23.8 Å². The number of hydrogen-bond donors (Lipinski definition) is 4. The zero-order chi connectivity index (χ0) is 19.2. The topological polar surface area (TPSA) is 131 Å². The molecule has 0 aromatic heterocycles. The number of carboxylic acid groups (broad SMARTS) is 1. The summed E-state index contributed by atoms with van der Waals surface area (Å²) in [5.74, 6) is -1.63. The average molecular weight is 351 g/mol. The first kappa shape index (κ1) is 20.3. The van der Waals surface area contributed by atoms with Gasteiger partial charge in [0.2, 0.25) is 5.91 Å². The summed E-state index contributed by atoms with van der Waals surface area (Å²) in [5.41, 5.74) is 5.50. The summed E-state index contributed by atoms with van der Waals surface area (Å²) in [5, 5.41) is 14.1. The van der Waals surface area contributed by atoms with Crippen molar-refractivity contribution in [1.29, 1.82) is 0 Å². The quantitative estimate of drug-likeness (QED) is 0.583. The van der Waals surface area contributed by atoms with Gasteiger partial charge in [-0.2, -0.15) is 0 Å². The van der Waals surface area contributed by atoms with Crippen LogP contribution in [0.15, 0.2) is 18.2 Å². The smallest absolute Gasteiger partial charge is 0.408 e. The van der Waals surface area contributed by atoms with Gasteiger partial charge in [-0.1, -0.05) is 13.3 Å². The Morgan fingerprint density at radius 1 is 1.28 bits per heavy atom. The van der Waals surface area contributed by atoms with E-state index in [2.05, 4.69) is 10.6 Å². The molecule has 0 radical (unpaired) electrons. The van der Waals surface area contributed by atoms with Gasteiger partial charge in [-0.05, 0) is 45.4 Å². The van der Waals surface area contributed by atoms with Crippen LogP contribution < -0.4 is 16.4 Å². The number of nitrogens with one attached hydrogen (secondary N) is 2. The lowest BCUT2D eigenvalue weighted by Gasteiger charge is -2.23. The number of carbonyl (C=O) groups is 3. The number of nitrogen functional groups attached to an aromatic ring is 1. The van der Waals surface area contributed by atoms with E-state index in [-0.39, 0.29) is 16.9 Å². The Balaban J connectivity index is 2.88. The maximum Gasteiger partial charge on any atom is 0.408 e. The van der Waals surface area contributed by atoms with Crippen molar-refractivity contribution >= 4 is 29.3 Å². The third-order valence-electron chi connectivity index (χ3n) is 3.14. The molecule has 0 saturated carbocycles. The molecular weight excluding hydrogens is 326 g/mol. The molecule has 1 atom stereocenters. The summed E-state index contributed by atoms with van der Waals surface area (Å²) in [4.78, 5) is 35.4. The van der Waals surface area contributed by atoms with Gasteiger partial charge in [-0.3, -0.25) is 4.79 Å². The Hall–Kier alpha value is -2.77. The summed E-state index contributed by atoms with van der Waals surface area (Å²) in [6.07, 6.45) is 0.343. The summed E-state index contributed by atoms with van der Waals surface area (Å²) in [7, 11) is 0. The number of alkyl carbamates (subject to hydrolysis) is 1. The van der Waals surface area contributed by atoms with E-state index in [4.69, 9.17) is 15.6 Å².